The number of rotatable bonds is 3. The highest BCUT2D eigenvalue weighted by Crippen LogP contribution is 2.23. The average molecular weight is 315 g/mol. The van der Waals surface area contributed by atoms with E-state index in [0.29, 0.717) is 11.3 Å². The van der Waals surface area contributed by atoms with Gasteiger partial charge in [-0.05, 0) is 48.9 Å². The number of benzene rings is 2. The third-order valence-corrected chi connectivity index (χ3v) is 4.39. The van der Waals surface area contributed by atoms with Crippen LogP contribution in [0.3, 0.4) is 0 Å². The second-order valence-electron chi connectivity index (χ2n) is 4.25. The van der Waals surface area contributed by atoms with Crippen LogP contribution in [-0.2, 0) is 10.0 Å². The van der Waals surface area contributed by atoms with Gasteiger partial charge in [0.2, 0.25) is 0 Å². The normalized spacial score (nSPS) is 11.3. The number of halogens is 2. The molecule has 0 aliphatic carbocycles. The fourth-order valence-electron chi connectivity index (χ4n) is 1.59. The predicted octanol–water partition coefficient (Wildman–Crippen LogP) is 3.17. The molecule has 0 heterocycles. The molecular weight excluding hydrogens is 303 g/mol. The van der Waals surface area contributed by atoms with Crippen molar-refractivity contribution in [1.82, 2.24) is 0 Å². The molecular formula is C13H12ClFN2O2S. The topological polar surface area (TPSA) is 72.2 Å². The minimum atomic E-state index is -3.77. The van der Waals surface area contributed by atoms with Crippen molar-refractivity contribution in [1.29, 1.82) is 0 Å². The minimum Gasteiger partial charge on any atom is -0.399 e. The fraction of sp³-hybridized carbons (Fsp3) is 0.0769. The molecule has 7 heteroatoms. The summed E-state index contributed by atoms with van der Waals surface area (Å²) in [5.74, 6) is -0.613. The molecule has 2 rings (SSSR count). The van der Waals surface area contributed by atoms with Crippen LogP contribution in [0.25, 0.3) is 0 Å². The van der Waals surface area contributed by atoms with E-state index in [4.69, 9.17) is 17.3 Å². The largest absolute Gasteiger partial charge is 0.399 e. The van der Waals surface area contributed by atoms with Gasteiger partial charge < -0.3 is 5.73 Å². The summed E-state index contributed by atoms with van der Waals surface area (Å²) >= 11 is 5.61. The first-order chi connectivity index (χ1) is 9.29. The van der Waals surface area contributed by atoms with E-state index in [1.54, 1.807) is 6.92 Å². The summed E-state index contributed by atoms with van der Waals surface area (Å²) in [6.07, 6.45) is 0. The van der Waals surface area contributed by atoms with E-state index in [0.717, 1.165) is 6.07 Å². The van der Waals surface area contributed by atoms with Crippen molar-refractivity contribution in [3.05, 3.63) is 52.8 Å². The van der Waals surface area contributed by atoms with E-state index in [1.165, 1.54) is 30.3 Å². The first-order valence-corrected chi connectivity index (χ1v) is 7.50. The van der Waals surface area contributed by atoms with Crippen LogP contribution in [-0.4, -0.2) is 8.42 Å². The van der Waals surface area contributed by atoms with Crippen LogP contribution >= 0.6 is 11.6 Å². The van der Waals surface area contributed by atoms with Crippen molar-refractivity contribution in [2.75, 3.05) is 10.5 Å². The third-order valence-electron chi connectivity index (χ3n) is 2.72. The lowest BCUT2D eigenvalue weighted by Crippen LogP contribution is -2.13. The van der Waals surface area contributed by atoms with Gasteiger partial charge in [0.05, 0.1) is 15.6 Å². The van der Waals surface area contributed by atoms with E-state index in [1.807, 2.05) is 0 Å². The van der Waals surface area contributed by atoms with Crippen LogP contribution in [0.5, 0.6) is 0 Å². The molecule has 0 aliphatic heterocycles. The molecule has 4 nitrogen and oxygen atoms in total. The van der Waals surface area contributed by atoms with E-state index in [9.17, 15) is 12.8 Å². The average Bonchev–Trinajstić information content (AvgIpc) is 2.37. The molecule has 0 amide bonds. The lowest BCUT2D eigenvalue weighted by molar-refractivity contribution is 0.601. The molecule has 106 valence electrons. The zero-order valence-corrected chi connectivity index (χ0v) is 12.1. The van der Waals surface area contributed by atoms with Crippen molar-refractivity contribution in [2.45, 2.75) is 11.8 Å². The van der Waals surface area contributed by atoms with Crippen LogP contribution in [0.4, 0.5) is 15.8 Å². The number of nitrogen functional groups attached to an aromatic ring is 1. The standard InChI is InChI=1S/C13H12ClFN2O2S/c1-8-6-10(3-5-13(8)16)20(18,19)17-9-2-4-12(15)11(14)7-9/h2-7,17H,16H2,1H3. The highest BCUT2D eigenvalue weighted by atomic mass is 35.5. The van der Waals surface area contributed by atoms with Crippen molar-refractivity contribution >= 4 is 33.0 Å². The van der Waals surface area contributed by atoms with Crippen molar-refractivity contribution in [3.63, 3.8) is 0 Å². The molecule has 2 aromatic rings. The lowest BCUT2D eigenvalue weighted by Gasteiger charge is -2.10. The van der Waals surface area contributed by atoms with Crippen LogP contribution in [0.2, 0.25) is 5.02 Å². The lowest BCUT2D eigenvalue weighted by atomic mass is 10.2. The van der Waals surface area contributed by atoms with Gasteiger partial charge in [-0.3, -0.25) is 4.72 Å². The van der Waals surface area contributed by atoms with Gasteiger partial charge in [0.15, 0.2) is 0 Å². The molecule has 0 fully saturated rings. The van der Waals surface area contributed by atoms with Crippen LogP contribution in [0.1, 0.15) is 5.56 Å². The third kappa shape index (κ3) is 3.02. The van der Waals surface area contributed by atoms with E-state index >= 15 is 0 Å². The maximum atomic E-state index is 13.0. The van der Waals surface area contributed by atoms with Gasteiger partial charge in [-0.2, -0.15) is 0 Å². The zero-order valence-electron chi connectivity index (χ0n) is 10.5. The first kappa shape index (κ1) is 14.6. The number of anilines is 2. The number of nitrogens with two attached hydrogens (primary N) is 1. The Kier molecular flexibility index (Phi) is 3.87. The van der Waals surface area contributed by atoms with Crippen molar-refractivity contribution in [3.8, 4) is 0 Å². The molecule has 0 radical (unpaired) electrons. The molecule has 2 aromatic carbocycles. The van der Waals surface area contributed by atoms with E-state index in [2.05, 4.69) is 4.72 Å². The van der Waals surface area contributed by atoms with Crippen LogP contribution in [0, 0.1) is 12.7 Å². The SMILES string of the molecule is Cc1cc(S(=O)(=O)Nc2ccc(F)c(Cl)c2)ccc1N. The highest BCUT2D eigenvalue weighted by molar-refractivity contribution is 7.92. The van der Waals surface area contributed by atoms with Gasteiger partial charge in [0.1, 0.15) is 5.82 Å². The molecule has 0 saturated heterocycles. The molecule has 0 unspecified atom stereocenters. The Morgan fingerprint density at radius 1 is 1.20 bits per heavy atom. The molecule has 0 aliphatic rings. The molecule has 0 saturated carbocycles. The smallest absolute Gasteiger partial charge is 0.261 e. The second kappa shape index (κ2) is 5.30. The number of hydrogen-bond donors (Lipinski definition) is 2. The Labute approximate surface area is 121 Å². The van der Waals surface area contributed by atoms with Crippen molar-refractivity contribution < 1.29 is 12.8 Å². The number of aryl methyl sites for hydroxylation is 1. The second-order valence-corrected chi connectivity index (χ2v) is 6.34. The predicted molar refractivity (Wildman–Crippen MR) is 77.8 cm³/mol. The highest BCUT2D eigenvalue weighted by Gasteiger charge is 2.15. The minimum absolute atomic E-state index is 0.0737. The molecule has 0 spiro atoms. The summed E-state index contributed by atoms with van der Waals surface area (Å²) in [5, 5.41) is -0.154. The summed E-state index contributed by atoms with van der Waals surface area (Å²) in [4.78, 5) is 0.0737. The maximum absolute atomic E-state index is 13.0. The molecule has 20 heavy (non-hydrogen) atoms. The number of hydrogen-bond acceptors (Lipinski definition) is 3. The first-order valence-electron chi connectivity index (χ1n) is 5.63. The summed E-state index contributed by atoms with van der Waals surface area (Å²) in [6.45, 7) is 1.71. The Balaban J connectivity index is 2.35. The summed E-state index contributed by atoms with van der Waals surface area (Å²) < 4.78 is 39.7. The van der Waals surface area contributed by atoms with Gasteiger partial charge in [0, 0.05) is 5.69 Å². The van der Waals surface area contributed by atoms with Crippen LogP contribution in [0.15, 0.2) is 41.3 Å². The monoisotopic (exact) mass is 314 g/mol. The van der Waals surface area contributed by atoms with E-state index < -0.39 is 15.8 Å². The molecule has 0 bridgehead atoms. The van der Waals surface area contributed by atoms with E-state index in [-0.39, 0.29) is 15.6 Å². The number of nitrogens with one attached hydrogen (secondary N) is 1. The zero-order chi connectivity index (χ0) is 14.9. The number of sulfonamides is 1. The Bertz CT molecular complexity index is 763. The maximum Gasteiger partial charge on any atom is 0.261 e. The van der Waals surface area contributed by atoms with Gasteiger partial charge in [-0.1, -0.05) is 11.6 Å². The molecule has 3 N–H and O–H groups in total. The Morgan fingerprint density at radius 2 is 1.90 bits per heavy atom. The van der Waals surface area contributed by atoms with Gasteiger partial charge in [0.25, 0.3) is 10.0 Å². The summed E-state index contributed by atoms with van der Waals surface area (Å²) in [6, 6.07) is 7.97. The van der Waals surface area contributed by atoms with Gasteiger partial charge in [-0.25, -0.2) is 12.8 Å². The quantitative estimate of drug-likeness (QED) is 0.855. The van der Waals surface area contributed by atoms with Gasteiger partial charge in [-0.15, -0.1) is 0 Å². The van der Waals surface area contributed by atoms with Gasteiger partial charge >= 0.3 is 0 Å². The summed E-state index contributed by atoms with van der Waals surface area (Å²) in [7, 11) is -3.77. The fourth-order valence-corrected chi connectivity index (χ4v) is 2.90. The molecule has 0 atom stereocenters. The Hall–Kier alpha value is -1.79. The summed E-state index contributed by atoms with van der Waals surface area (Å²) in [5.41, 5.74) is 7.00. The Morgan fingerprint density at radius 3 is 2.50 bits per heavy atom. The molecule has 0 aromatic heterocycles. The van der Waals surface area contributed by atoms with Crippen molar-refractivity contribution in [2.24, 2.45) is 0 Å². The van der Waals surface area contributed by atoms with Crippen LogP contribution < -0.4 is 10.5 Å².